The Morgan fingerprint density at radius 3 is 1.56 bits per heavy atom. The van der Waals surface area contributed by atoms with Gasteiger partial charge in [-0.1, -0.05) is 103 Å². The van der Waals surface area contributed by atoms with Gasteiger partial charge in [0.05, 0.1) is 0 Å². The van der Waals surface area contributed by atoms with E-state index in [9.17, 15) is 14.7 Å². The second-order valence-corrected chi connectivity index (χ2v) is 8.23. The molecule has 0 radical (unpaired) electrons. The first-order valence-electron chi connectivity index (χ1n) is 11.1. The molecule has 1 unspecified atom stereocenters. The van der Waals surface area contributed by atoms with Crippen molar-refractivity contribution in [3.63, 3.8) is 0 Å². The van der Waals surface area contributed by atoms with E-state index in [1.54, 1.807) is 24.3 Å². The molecule has 0 bridgehead atoms. The highest BCUT2D eigenvalue weighted by atomic mass is 16.6. The molecule has 4 aromatic rings. The molecule has 5 nitrogen and oxygen atoms in total. The Morgan fingerprint density at radius 1 is 0.676 bits per heavy atom. The Bertz CT molecular complexity index is 1190. The SMILES string of the molecule is O=C1OC(Cc2ccc(O)cc2)C(=O)N1C(c1ccccc1)(c1ccccc1)c1ccccc1. The smallest absolute Gasteiger partial charge is 0.418 e. The molecule has 5 rings (SSSR count). The molecular weight excluding hydrogens is 426 g/mol. The molecule has 1 saturated heterocycles. The fraction of sp³-hybridized carbons (Fsp3) is 0.103. The highest BCUT2D eigenvalue weighted by Crippen LogP contribution is 2.45. The van der Waals surface area contributed by atoms with E-state index in [0.717, 1.165) is 22.3 Å². The molecule has 1 heterocycles. The Hall–Kier alpha value is -4.38. The predicted molar refractivity (Wildman–Crippen MR) is 128 cm³/mol. The summed E-state index contributed by atoms with van der Waals surface area (Å²) in [7, 11) is 0. The van der Waals surface area contributed by atoms with Gasteiger partial charge in [-0.05, 0) is 34.4 Å². The number of cyclic esters (lactones) is 1. The molecule has 34 heavy (non-hydrogen) atoms. The van der Waals surface area contributed by atoms with Crippen LogP contribution >= 0.6 is 0 Å². The second-order valence-electron chi connectivity index (χ2n) is 8.23. The summed E-state index contributed by atoms with van der Waals surface area (Å²) in [6.45, 7) is 0. The van der Waals surface area contributed by atoms with Crippen molar-refractivity contribution in [3.8, 4) is 5.75 Å². The number of ether oxygens (including phenoxy) is 1. The molecule has 1 aliphatic heterocycles. The van der Waals surface area contributed by atoms with Crippen molar-refractivity contribution in [1.29, 1.82) is 0 Å². The van der Waals surface area contributed by atoms with Gasteiger partial charge >= 0.3 is 6.09 Å². The number of phenolic OH excluding ortho intramolecular Hbond substituents is 1. The number of rotatable bonds is 6. The monoisotopic (exact) mass is 449 g/mol. The Labute approximate surface area is 197 Å². The number of hydrogen-bond donors (Lipinski definition) is 1. The standard InChI is InChI=1S/C29H23NO4/c31-25-18-16-21(17-19-25)20-26-27(32)30(28(33)34-26)29(22-10-4-1-5-11-22,23-12-6-2-7-13-23)24-14-8-3-9-15-24/h1-19,26,31H,20H2. The highest BCUT2D eigenvalue weighted by molar-refractivity contribution is 6.02. The molecule has 1 N–H and O–H groups in total. The summed E-state index contributed by atoms with van der Waals surface area (Å²) < 4.78 is 5.67. The molecule has 0 aliphatic carbocycles. The van der Waals surface area contributed by atoms with Crippen LogP contribution in [0.1, 0.15) is 22.3 Å². The van der Waals surface area contributed by atoms with Crippen molar-refractivity contribution in [2.75, 3.05) is 0 Å². The molecule has 1 atom stereocenters. The maximum atomic E-state index is 13.9. The fourth-order valence-electron chi connectivity index (χ4n) is 4.66. The number of nitrogens with zero attached hydrogens (tertiary/aromatic N) is 1. The molecule has 0 spiro atoms. The molecule has 168 valence electrons. The molecular formula is C29H23NO4. The lowest BCUT2D eigenvalue weighted by Gasteiger charge is -2.40. The third kappa shape index (κ3) is 3.61. The van der Waals surface area contributed by atoms with Gasteiger partial charge in [0, 0.05) is 6.42 Å². The van der Waals surface area contributed by atoms with Crippen LogP contribution in [0.3, 0.4) is 0 Å². The third-order valence-electron chi connectivity index (χ3n) is 6.19. The fourth-order valence-corrected chi connectivity index (χ4v) is 4.66. The normalized spacial score (nSPS) is 15.9. The number of imide groups is 1. The first-order valence-corrected chi connectivity index (χ1v) is 11.1. The summed E-state index contributed by atoms with van der Waals surface area (Å²) in [5, 5.41) is 9.58. The second kappa shape index (κ2) is 8.87. The van der Waals surface area contributed by atoms with Gasteiger partial charge in [0.25, 0.3) is 5.91 Å². The zero-order valence-electron chi connectivity index (χ0n) is 18.4. The number of amides is 2. The lowest BCUT2D eigenvalue weighted by atomic mass is 9.75. The van der Waals surface area contributed by atoms with Gasteiger partial charge in [-0.2, -0.15) is 0 Å². The summed E-state index contributed by atoms with van der Waals surface area (Å²) in [4.78, 5) is 28.6. The summed E-state index contributed by atoms with van der Waals surface area (Å²) in [6.07, 6.45) is -1.44. The summed E-state index contributed by atoms with van der Waals surface area (Å²) in [5.41, 5.74) is 1.92. The van der Waals surface area contributed by atoms with Gasteiger partial charge in [-0.25, -0.2) is 9.69 Å². The predicted octanol–water partition coefficient (Wildman–Crippen LogP) is 5.27. The van der Waals surface area contributed by atoms with Gasteiger partial charge in [0.1, 0.15) is 11.3 Å². The van der Waals surface area contributed by atoms with Gasteiger partial charge in [-0.15, -0.1) is 0 Å². The lowest BCUT2D eigenvalue weighted by Crippen LogP contribution is -2.51. The average Bonchev–Trinajstić information content (AvgIpc) is 3.16. The van der Waals surface area contributed by atoms with Crippen LogP contribution in [0, 0.1) is 0 Å². The number of aromatic hydroxyl groups is 1. The number of hydrogen-bond acceptors (Lipinski definition) is 4. The molecule has 0 aromatic heterocycles. The average molecular weight is 450 g/mol. The van der Waals surface area contributed by atoms with E-state index in [0.29, 0.717) is 0 Å². The van der Waals surface area contributed by atoms with Crippen molar-refractivity contribution in [2.45, 2.75) is 18.1 Å². The van der Waals surface area contributed by atoms with Crippen LogP contribution in [0.5, 0.6) is 5.75 Å². The zero-order chi connectivity index (χ0) is 23.5. The summed E-state index contributed by atoms with van der Waals surface area (Å²) >= 11 is 0. The van der Waals surface area contributed by atoms with Gasteiger partial charge in [0.2, 0.25) is 0 Å². The van der Waals surface area contributed by atoms with E-state index in [1.165, 1.54) is 4.90 Å². The highest BCUT2D eigenvalue weighted by Gasteiger charge is 2.55. The van der Waals surface area contributed by atoms with Crippen LogP contribution in [0.25, 0.3) is 0 Å². The van der Waals surface area contributed by atoms with Crippen LogP contribution in [-0.4, -0.2) is 28.1 Å². The maximum absolute atomic E-state index is 13.9. The van der Waals surface area contributed by atoms with Crippen molar-refractivity contribution in [3.05, 3.63) is 138 Å². The first kappa shape index (κ1) is 21.5. The molecule has 1 fully saturated rings. The molecule has 5 heteroatoms. The molecule has 2 amide bonds. The lowest BCUT2D eigenvalue weighted by molar-refractivity contribution is -0.132. The van der Waals surface area contributed by atoms with Crippen molar-refractivity contribution in [1.82, 2.24) is 4.90 Å². The topological polar surface area (TPSA) is 66.8 Å². The van der Waals surface area contributed by atoms with Crippen molar-refractivity contribution in [2.24, 2.45) is 0 Å². The quantitative estimate of drug-likeness (QED) is 0.407. The summed E-state index contributed by atoms with van der Waals surface area (Å²) in [6, 6.07) is 35.2. The Balaban J connectivity index is 1.68. The van der Waals surface area contributed by atoms with Gasteiger partial charge in [0.15, 0.2) is 6.10 Å². The minimum absolute atomic E-state index is 0.136. The largest absolute Gasteiger partial charge is 0.508 e. The number of phenols is 1. The summed E-state index contributed by atoms with van der Waals surface area (Å²) in [5.74, 6) is -0.272. The van der Waals surface area contributed by atoms with E-state index in [-0.39, 0.29) is 12.2 Å². The van der Waals surface area contributed by atoms with Crippen LogP contribution in [-0.2, 0) is 21.5 Å². The van der Waals surface area contributed by atoms with Crippen LogP contribution < -0.4 is 0 Å². The van der Waals surface area contributed by atoms with Crippen LogP contribution in [0.15, 0.2) is 115 Å². The number of carbonyl (C=O) groups excluding carboxylic acids is 2. The minimum atomic E-state index is -1.21. The van der Waals surface area contributed by atoms with Crippen LogP contribution in [0.2, 0.25) is 0 Å². The zero-order valence-corrected chi connectivity index (χ0v) is 18.4. The van der Waals surface area contributed by atoms with Gasteiger partial charge in [-0.3, -0.25) is 4.79 Å². The molecule has 0 saturated carbocycles. The van der Waals surface area contributed by atoms with Crippen molar-refractivity contribution >= 4 is 12.0 Å². The van der Waals surface area contributed by atoms with E-state index in [4.69, 9.17) is 4.74 Å². The number of carbonyl (C=O) groups is 2. The third-order valence-corrected chi connectivity index (χ3v) is 6.19. The van der Waals surface area contributed by atoms with E-state index >= 15 is 0 Å². The maximum Gasteiger partial charge on any atom is 0.418 e. The van der Waals surface area contributed by atoms with Gasteiger partial charge < -0.3 is 9.84 Å². The van der Waals surface area contributed by atoms with Crippen molar-refractivity contribution < 1.29 is 19.4 Å². The van der Waals surface area contributed by atoms with E-state index in [2.05, 4.69) is 0 Å². The Kier molecular flexibility index (Phi) is 5.60. The van der Waals surface area contributed by atoms with Crippen LogP contribution in [0.4, 0.5) is 4.79 Å². The first-order chi connectivity index (χ1) is 16.6. The van der Waals surface area contributed by atoms with E-state index < -0.39 is 23.6 Å². The Morgan fingerprint density at radius 2 is 1.12 bits per heavy atom. The minimum Gasteiger partial charge on any atom is -0.508 e. The molecule has 4 aromatic carbocycles. The molecule has 1 aliphatic rings. The number of benzene rings is 4. The van der Waals surface area contributed by atoms with E-state index in [1.807, 2.05) is 91.0 Å².